The minimum absolute atomic E-state index is 0.423. The summed E-state index contributed by atoms with van der Waals surface area (Å²) in [6.07, 6.45) is 17.6. The molecule has 0 N–H and O–H groups in total. The minimum Gasteiger partial charge on any atom is -0.300 e. The Kier molecular flexibility index (Phi) is 4.13. The molecule has 0 aromatic rings. The molecule has 4 fully saturated rings. The zero-order chi connectivity index (χ0) is 16.1. The van der Waals surface area contributed by atoms with Crippen LogP contribution in [0.3, 0.4) is 0 Å². The molecule has 1 nitrogen and oxygen atoms in total. The van der Waals surface area contributed by atoms with Gasteiger partial charge in [-0.2, -0.15) is 0 Å². The van der Waals surface area contributed by atoms with E-state index in [4.69, 9.17) is 0 Å². The van der Waals surface area contributed by atoms with Gasteiger partial charge in [-0.25, -0.2) is 0 Å². The average Bonchev–Trinajstić information content (AvgIpc) is 2.97. The van der Waals surface area contributed by atoms with Crippen LogP contribution in [0.5, 0.6) is 0 Å². The first-order valence-electron chi connectivity index (χ1n) is 10.6. The van der Waals surface area contributed by atoms with Gasteiger partial charge in [-0.1, -0.05) is 33.1 Å². The molecule has 0 bridgehead atoms. The summed E-state index contributed by atoms with van der Waals surface area (Å²) in [6, 6.07) is 0. The lowest BCUT2D eigenvalue weighted by Gasteiger charge is -2.60. The number of ketones is 1. The molecule has 0 saturated heterocycles. The summed E-state index contributed by atoms with van der Waals surface area (Å²) < 4.78 is 0. The predicted molar refractivity (Wildman–Crippen MR) is 95.2 cm³/mol. The van der Waals surface area contributed by atoms with Crippen LogP contribution < -0.4 is 0 Å². The fraction of sp³-hybridized carbons (Fsp3) is 0.955. The number of hydrogen-bond donors (Lipinski definition) is 0. The maximum absolute atomic E-state index is 12.3. The van der Waals surface area contributed by atoms with Gasteiger partial charge < -0.3 is 0 Å². The van der Waals surface area contributed by atoms with Gasteiger partial charge in [0, 0.05) is 12.8 Å². The number of hydrogen-bond acceptors (Lipinski definition) is 1. The Morgan fingerprint density at radius 2 is 1.78 bits per heavy atom. The lowest BCUT2D eigenvalue weighted by molar-refractivity contribution is -0.130. The first-order valence-corrected chi connectivity index (χ1v) is 10.6. The van der Waals surface area contributed by atoms with E-state index in [2.05, 4.69) is 13.8 Å². The van der Waals surface area contributed by atoms with E-state index in [0.717, 1.165) is 36.5 Å². The highest BCUT2D eigenvalue weighted by atomic mass is 16.1. The lowest BCUT2D eigenvalue weighted by atomic mass is 9.45. The number of carbonyl (C=O) groups excluding carboxylic acids is 1. The Balaban J connectivity index is 1.59. The van der Waals surface area contributed by atoms with Crippen LogP contribution in [0.1, 0.15) is 97.3 Å². The molecule has 4 aliphatic rings. The van der Waals surface area contributed by atoms with Crippen molar-refractivity contribution in [2.75, 3.05) is 0 Å². The zero-order valence-corrected chi connectivity index (χ0v) is 15.4. The van der Waals surface area contributed by atoms with Crippen LogP contribution >= 0.6 is 0 Å². The molecule has 0 aliphatic heterocycles. The molecule has 1 heteroatoms. The maximum Gasteiger partial charge on any atom is 0.133 e. The van der Waals surface area contributed by atoms with Crippen molar-refractivity contribution in [3.63, 3.8) is 0 Å². The largest absolute Gasteiger partial charge is 0.300 e. The van der Waals surface area contributed by atoms with E-state index in [1.54, 1.807) is 0 Å². The van der Waals surface area contributed by atoms with Gasteiger partial charge in [-0.05, 0) is 85.9 Å². The van der Waals surface area contributed by atoms with Crippen molar-refractivity contribution in [2.45, 2.75) is 97.3 Å². The molecule has 4 saturated carbocycles. The van der Waals surface area contributed by atoms with Gasteiger partial charge in [0.15, 0.2) is 0 Å². The molecule has 4 rings (SSSR count). The summed E-state index contributed by atoms with van der Waals surface area (Å²) in [5.41, 5.74) is 1.07. The number of rotatable bonds is 3. The second-order valence-corrected chi connectivity index (χ2v) is 9.76. The number of Topliss-reactive ketones (excluding diaryl/α,β-unsaturated/α-hetero) is 1. The molecule has 6 atom stereocenters. The highest BCUT2D eigenvalue weighted by molar-refractivity contribution is 5.78. The lowest BCUT2D eigenvalue weighted by Crippen LogP contribution is -2.52. The second-order valence-electron chi connectivity index (χ2n) is 9.76. The third-order valence-electron chi connectivity index (χ3n) is 9.05. The fourth-order valence-corrected chi connectivity index (χ4v) is 7.91. The Hall–Kier alpha value is -0.330. The minimum atomic E-state index is 0.423. The van der Waals surface area contributed by atoms with Crippen molar-refractivity contribution >= 4 is 5.78 Å². The van der Waals surface area contributed by atoms with Gasteiger partial charge in [-0.3, -0.25) is 4.79 Å². The van der Waals surface area contributed by atoms with Crippen LogP contribution in [0.15, 0.2) is 0 Å². The number of carbonyl (C=O) groups is 1. The smallest absolute Gasteiger partial charge is 0.133 e. The molecule has 23 heavy (non-hydrogen) atoms. The van der Waals surface area contributed by atoms with E-state index in [1.807, 2.05) is 0 Å². The van der Waals surface area contributed by atoms with E-state index in [1.165, 1.54) is 70.6 Å². The van der Waals surface area contributed by atoms with Crippen molar-refractivity contribution in [3.8, 4) is 0 Å². The summed E-state index contributed by atoms with van der Waals surface area (Å²) in [7, 11) is 0. The van der Waals surface area contributed by atoms with Crippen molar-refractivity contribution in [1.82, 2.24) is 0 Å². The van der Waals surface area contributed by atoms with E-state index >= 15 is 0 Å². The van der Waals surface area contributed by atoms with Crippen LogP contribution in [0.25, 0.3) is 0 Å². The quantitative estimate of drug-likeness (QED) is 0.609. The number of fused-ring (bicyclic) bond motifs is 5. The summed E-state index contributed by atoms with van der Waals surface area (Å²) in [5.74, 6) is 4.37. The first kappa shape index (κ1) is 16.2. The highest BCUT2D eigenvalue weighted by Crippen LogP contribution is 2.67. The Bertz CT molecular complexity index is 469. The van der Waals surface area contributed by atoms with E-state index in [9.17, 15) is 4.79 Å². The summed E-state index contributed by atoms with van der Waals surface area (Å²) >= 11 is 0. The molecule has 0 amide bonds. The monoisotopic (exact) mass is 316 g/mol. The van der Waals surface area contributed by atoms with Gasteiger partial charge in [-0.15, -0.1) is 0 Å². The SMILES string of the molecule is CCC(=O)CC12CCCC1C1CCC3CCCCC3(C)C1CC2. The zero-order valence-electron chi connectivity index (χ0n) is 15.4. The predicted octanol–water partition coefficient (Wildman–Crippen LogP) is 6.16. The normalized spacial score (nSPS) is 49.1. The molecule has 0 radical (unpaired) electrons. The van der Waals surface area contributed by atoms with Crippen LogP contribution in [0, 0.1) is 34.5 Å². The Morgan fingerprint density at radius 1 is 0.913 bits per heavy atom. The van der Waals surface area contributed by atoms with Crippen LogP contribution in [-0.2, 0) is 4.79 Å². The molecular weight excluding hydrogens is 280 g/mol. The second kappa shape index (κ2) is 5.88. The van der Waals surface area contributed by atoms with Gasteiger partial charge in [0.25, 0.3) is 0 Å². The van der Waals surface area contributed by atoms with Gasteiger partial charge in [0.2, 0.25) is 0 Å². The van der Waals surface area contributed by atoms with Gasteiger partial charge >= 0.3 is 0 Å². The van der Waals surface area contributed by atoms with Crippen molar-refractivity contribution < 1.29 is 4.79 Å². The molecule has 0 heterocycles. The highest BCUT2D eigenvalue weighted by Gasteiger charge is 2.58. The van der Waals surface area contributed by atoms with Crippen molar-refractivity contribution in [2.24, 2.45) is 34.5 Å². The molecule has 130 valence electrons. The molecule has 6 unspecified atom stereocenters. The summed E-state index contributed by atoms with van der Waals surface area (Å²) in [4.78, 5) is 12.3. The standard InChI is InChI=1S/C22H36O/c1-3-17(23)15-22-13-6-8-20(22)18-10-9-16-7-4-5-12-21(16,2)19(18)11-14-22/h16,18-20H,3-15H2,1-2H3. The molecule has 0 aromatic heterocycles. The molecule has 0 aromatic carbocycles. The van der Waals surface area contributed by atoms with Gasteiger partial charge in [0.05, 0.1) is 0 Å². The Morgan fingerprint density at radius 3 is 2.61 bits per heavy atom. The molecule has 0 spiro atoms. The fourth-order valence-electron chi connectivity index (χ4n) is 7.91. The first-order chi connectivity index (χ1) is 11.1. The van der Waals surface area contributed by atoms with E-state index in [-0.39, 0.29) is 0 Å². The third kappa shape index (κ3) is 2.44. The maximum atomic E-state index is 12.3. The van der Waals surface area contributed by atoms with Gasteiger partial charge in [0.1, 0.15) is 5.78 Å². The molecular formula is C22H36O. The van der Waals surface area contributed by atoms with Crippen LogP contribution in [0.4, 0.5) is 0 Å². The third-order valence-corrected chi connectivity index (χ3v) is 9.05. The Labute approximate surface area is 143 Å². The summed E-state index contributed by atoms with van der Waals surface area (Å²) in [6.45, 7) is 4.72. The van der Waals surface area contributed by atoms with E-state index < -0.39 is 0 Å². The van der Waals surface area contributed by atoms with Crippen molar-refractivity contribution in [3.05, 3.63) is 0 Å². The van der Waals surface area contributed by atoms with E-state index in [0.29, 0.717) is 16.6 Å². The van der Waals surface area contributed by atoms with Crippen molar-refractivity contribution in [1.29, 1.82) is 0 Å². The van der Waals surface area contributed by atoms with Crippen LogP contribution in [-0.4, -0.2) is 5.78 Å². The molecule has 4 aliphatic carbocycles. The average molecular weight is 317 g/mol. The summed E-state index contributed by atoms with van der Waals surface area (Å²) in [5, 5.41) is 0. The van der Waals surface area contributed by atoms with Crippen LogP contribution in [0.2, 0.25) is 0 Å². The topological polar surface area (TPSA) is 17.1 Å².